The van der Waals surface area contributed by atoms with Gasteiger partial charge in [0.15, 0.2) is 0 Å². The molecule has 0 unspecified atom stereocenters. The molecule has 8 nitrogen and oxygen atoms in total. The molecule has 0 radical (unpaired) electrons. The summed E-state index contributed by atoms with van der Waals surface area (Å²) in [6, 6.07) is 22.0. The molecule has 0 bridgehead atoms. The summed E-state index contributed by atoms with van der Waals surface area (Å²) >= 11 is 0. The van der Waals surface area contributed by atoms with Crippen molar-refractivity contribution >= 4 is 28.4 Å². The maximum Gasteiger partial charge on any atom is 0.234 e. The van der Waals surface area contributed by atoms with Gasteiger partial charge in [0.25, 0.3) is 0 Å². The van der Waals surface area contributed by atoms with Crippen molar-refractivity contribution in [2.24, 2.45) is 0 Å². The molecule has 0 atom stereocenters. The van der Waals surface area contributed by atoms with Crippen LogP contribution >= 0.6 is 0 Å². The second kappa shape index (κ2) is 9.67. The molecule has 1 aliphatic rings. The number of morpholine rings is 1. The molecule has 0 spiro atoms. The van der Waals surface area contributed by atoms with Gasteiger partial charge in [-0.1, -0.05) is 18.2 Å². The Labute approximate surface area is 209 Å². The SMILES string of the molecule is Cc1cc(-c2c[nH]c3nc(Nc4ccc(N5CCOCC5)cc4)nc(Oc4ccccc4)c23)ccn1. The number of para-hydroxylation sites is 1. The lowest BCUT2D eigenvalue weighted by Crippen LogP contribution is -2.36. The molecule has 8 heteroatoms. The highest BCUT2D eigenvalue weighted by Gasteiger charge is 2.18. The summed E-state index contributed by atoms with van der Waals surface area (Å²) in [6.45, 7) is 5.30. The highest BCUT2D eigenvalue weighted by atomic mass is 16.5. The van der Waals surface area contributed by atoms with E-state index in [4.69, 9.17) is 19.4 Å². The van der Waals surface area contributed by atoms with E-state index in [9.17, 15) is 0 Å². The first-order valence-corrected chi connectivity index (χ1v) is 12.0. The number of hydrogen-bond donors (Lipinski definition) is 2. The molecular formula is C28H26N6O2. The number of aromatic amines is 1. The van der Waals surface area contributed by atoms with E-state index in [1.165, 1.54) is 5.69 Å². The van der Waals surface area contributed by atoms with Gasteiger partial charge in [-0.05, 0) is 61.0 Å². The van der Waals surface area contributed by atoms with Crippen molar-refractivity contribution in [3.05, 3.63) is 84.8 Å². The Hall–Kier alpha value is -4.43. The average Bonchev–Trinajstić information content (AvgIpc) is 3.35. The largest absolute Gasteiger partial charge is 0.438 e. The number of hydrogen-bond acceptors (Lipinski definition) is 7. The van der Waals surface area contributed by atoms with E-state index in [0.29, 0.717) is 23.2 Å². The van der Waals surface area contributed by atoms with Crippen molar-refractivity contribution < 1.29 is 9.47 Å². The Kier molecular flexibility index (Phi) is 5.93. The molecule has 0 amide bonds. The number of rotatable bonds is 6. The zero-order valence-corrected chi connectivity index (χ0v) is 19.9. The van der Waals surface area contributed by atoms with E-state index in [0.717, 1.165) is 54.2 Å². The summed E-state index contributed by atoms with van der Waals surface area (Å²) in [5, 5.41) is 4.15. The number of H-pyrrole nitrogens is 1. The predicted molar refractivity (Wildman–Crippen MR) is 141 cm³/mol. The summed E-state index contributed by atoms with van der Waals surface area (Å²) in [4.78, 5) is 19.5. The van der Waals surface area contributed by atoms with E-state index in [2.05, 4.69) is 32.3 Å². The van der Waals surface area contributed by atoms with Crippen LogP contribution in [-0.2, 0) is 4.74 Å². The highest BCUT2D eigenvalue weighted by Crippen LogP contribution is 2.37. The molecule has 1 aliphatic heterocycles. The first-order valence-electron chi connectivity index (χ1n) is 12.0. The number of aryl methyl sites for hydroxylation is 1. The fraction of sp³-hybridized carbons (Fsp3) is 0.179. The monoisotopic (exact) mass is 478 g/mol. The standard InChI is InChI=1S/C28H26N6O2/c1-19-17-20(11-12-29-19)24-18-30-26-25(24)27(36-23-5-3-2-4-6-23)33-28(32-26)31-21-7-9-22(10-8-21)34-13-15-35-16-14-34/h2-12,17-18H,13-16H2,1H3,(H2,30,31,32,33). The second-order valence-electron chi connectivity index (χ2n) is 8.65. The lowest BCUT2D eigenvalue weighted by Gasteiger charge is -2.28. The van der Waals surface area contributed by atoms with Gasteiger partial charge < -0.3 is 24.7 Å². The van der Waals surface area contributed by atoms with E-state index in [1.807, 2.05) is 67.7 Å². The molecule has 3 aromatic heterocycles. The van der Waals surface area contributed by atoms with Crippen LogP contribution in [0.5, 0.6) is 11.6 Å². The van der Waals surface area contributed by atoms with Gasteiger partial charge in [0.05, 0.1) is 18.6 Å². The quantitative estimate of drug-likeness (QED) is 0.324. The van der Waals surface area contributed by atoms with Gasteiger partial charge in [-0.15, -0.1) is 0 Å². The number of anilines is 3. The second-order valence-corrected chi connectivity index (χ2v) is 8.65. The first-order chi connectivity index (χ1) is 17.7. The molecule has 180 valence electrons. The smallest absolute Gasteiger partial charge is 0.234 e. The summed E-state index contributed by atoms with van der Waals surface area (Å²) in [5.74, 6) is 1.63. The number of ether oxygens (including phenoxy) is 2. The number of nitrogens with one attached hydrogen (secondary N) is 2. The lowest BCUT2D eigenvalue weighted by molar-refractivity contribution is 0.122. The minimum Gasteiger partial charge on any atom is -0.438 e. The van der Waals surface area contributed by atoms with E-state index >= 15 is 0 Å². The van der Waals surface area contributed by atoms with Crippen molar-refractivity contribution in [3.63, 3.8) is 0 Å². The van der Waals surface area contributed by atoms with Crippen molar-refractivity contribution in [2.45, 2.75) is 6.92 Å². The van der Waals surface area contributed by atoms with Gasteiger partial charge >= 0.3 is 0 Å². The average molecular weight is 479 g/mol. The number of benzene rings is 2. The van der Waals surface area contributed by atoms with Crippen LogP contribution in [0.15, 0.2) is 79.1 Å². The van der Waals surface area contributed by atoms with Crippen LogP contribution in [0.1, 0.15) is 5.69 Å². The maximum atomic E-state index is 6.27. The van der Waals surface area contributed by atoms with Crippen molar-refractivity contribution in [2.75, 3.05) is 36.5 Å². The summed E-state index contributed by atoms with van der Waals surface area (Å²) in [5.41, 5.74) is 5.68. The minimum absolute atomic E-state index is 0.451. The minimum atomic E-state index is 0.451. The summed E-state index contributed by atoms with van der Waals surface area (Å²) < 4.78 is 11.7. The highest BCUT2D eigenvalue weighted by molar-refractivity contribution is 5.98. The summed E-state index contributed by atoms with van der Waals surface area (Å²) in [7, 11) is 0. The van der Waals surface area contributed by atoms with Gasteiger partial charge in [-0.3, -0.25) is 4.98 Å². The third kappa shape index (κ3) is 4.58. The van der Waals surface area contributed by atoms with Crippen LogP contribution in [0, 0.1) is 6.92 Å². The lowest BCUT2D eigenvalue weighted by atomic mass is 10.1. The molecule has 1 saturated heterocycles. The topological polar surface area (TPSA) is 88.2 Å². The number of aromatic nitrogens is 4. The van der Waals surface area contributed by atoms with Gasteiger partial charge in [0.1, 0.15) is 11.4 Å². The van der Waals surface area contributed by atoms with Gasteiger partial charge in [0.2, 0.25) is 11.8 Å². The zero-order valence-electron chi connectivity index (χ0n) is 19.9. The Morgan fingerprint density at radius 2 is 1.78 bits per heavy atom. The zero-order chi connectivity index (χ0) is 24.3. The number of pyridine rings is 1. The fourth-order valence-corrected chi connectivity index (χ4v) is 4.38. The van der Waals surface area contributed by atoms with Gasteiger partial charge in [0, 0.05) is 48.1 Å². The van der Waals surface area contributed by atoms with Crippen LogP contribution in [0.3, 0.4) is 0 Å². The third-order valence-corrected chi connectivity index (χ3v) is 6.16. The molecular weight excluding hydrogens is 452 g/mol. The van der Waals surface area contributed by atoms with Crippen molar-refractivity contribution in [1.82, 2.24) is 19.9 Å². The molecule has 5 aromatic rings. The Bertz CT molecular complexity index is 1480. The normalized spacial score (nSPS) is 13.6. The summed E-state index contributed by atoms with van der Waals surface area (Å²) in [6.07, 6.45) is 3.74. The third-order valence-electron chi connectivity index (χ3n) is 6.16. The molecule has 0 aliphatic carbocycles. The maximum absolute atomic E-state index is 6.27. The van der Waals surface area contributed by atoms with Gasteiger partial charge in [-0.25, -0.2) is 0 Å². The molecule has 2 N–H and O–H groups in total. The Morgan fingerprint density at radius 1 is 0.972 bits per heavy atom. The van der Waals surface area contributed by atoms with Crippen molar-refractivity contribution in [1.29, 1.82) is 0 Å². The molecule has 2 aromatic carbocycles. The molecule has 1 fully saturated rings. The fourth-order valence-electron chi connectivity index (χ4n) is 4.38. The Morgan fingerprint density at radius 3 is 2.56 bits per heavy atom. The van der Waals surface area contributed by atoms with E-state index in [1.54, 1.807) is 6.20 Å². The van der Waals surface area contributed by atoms with Crippen LogP contribution in [0.25, 0.3) is 22.2 Å². The van der Waals surface area contributed by atoms with Crippen LogP contribution in [0.4, 0.5) is 17.3 Å². The first kappa shape index (κ1) is 22.1. The predicted octanol–water partition coefficient (Wildman–Crippen LogP) is 5.70. The molecule has 4 heterocycles. The number of nitrogens with zero attached hydrogens (tertiary/aromatic N) is 4. The van der Waals surface area contributed by atoms with Crippen LogP contribution in [-0.4, -0.2) is 46.2 Å². The van der Waals surface area contributed by atoms with Crippen molar-refractivity contribution in [3.8, 4) is 22.8 Å². The molecule has 6 rings (SSSR count). The molecule has 0 saturated carbocycles. The van der Waals surface area contributed by atoms with Crippen LogP contribution in [0.2, 0.25) is 0 Å². The number of fused-ring (bicyclic) bond motifs is 1. The van der Waals surface area contributed by atoms with Gasteiger partial charge in [-0.2, -0.15) is 9.97 Å². The Balaban J connectivity index is 1.36. The van der Waals surface area contributed by atoms with E-state index < -0.39 is 0 Å². The van der Waals surface area contributed by atoms with Crippen LogP contribution < -0.4 is 15.0 Å². The van der Waals surface area contributed by atoms with E-state index in [-0.39, 0.29) is 0 Å². The molecule has 36 heavy (non-hydrogen) atoms.